The summed E-state index contributed by atoms with van der Waals surface area (Å²) in [5.74, 6) is 0.185. The normalized spacial score (nSPS) is 21.2. The first-order chi connectivity index (χ1) is 10.5. The highest BCUT2D eigenvalue weighted by atomic mass is 16.5. The van der Waals surface area contributed by atoms with Gasteiger partial charge >= 0.3 is 5.97 Å². The largest absolute Gasteiger partial charge is 0.465 e. The van der Waals surface area contributed by atoms with Crippen molar-refractivity contribution < 1.29 is 14.3 Å². The molecule has 1 unspecified atom stereocenters. The third-order valence-electron chi connectivity index (χ3n) is 4.43. The Balaban J connectivity index is 1.93. The van der Waals surface area contributed by atoms with E-state index >= 15 is 0 Å². The first-order valence-electron chi connectivity index (χ1n) is 7.53. The topological polar surface area (TPSA) is 59.6 Å². The lowest BCUT2D eigenvalue weighted by Gasteiger charge is -2.32. The number of ether oxygens (including phenoxy) is 2. The molecule has 1 saturated heterocycles. The van der Waals surface area contributed by atoms with Crippen LogP contribution in [0.3, 0.4) is 0 Å². The van der Waals surface area contributed by atoms with Gasteiger partial charge in [-0.25, -0.2) is 4.79 Å². The molecule has 1 atom stereocenters. The van der Waals surface area contributed by atoms with E-state index < -0.39 is 0 Å². The average Bonchev–Trinajstić information content (AvgIpc) is 2.77. The third-order valence-corrected chi connectivity index (χ3v) is 4.43. The maximum absolute atomic E-state index is 11.9. The molecule has 5 nitrogen and oxygen atoms in total. The van der Waals surface area contributed by atoms with Crippen LogP contribution in [0.1, 0.15) is 34.0 Å². The predicted molar refractivity (Wildman–Crippen MR) is 84.2 cm³/mol. The van der Waals surface area contributed by atoms with Gasteiger partial charge < -0.3 is 20.1 Å². The summed E-state index contributed by atoms with van der Waals surface area (Å²) in [5, 5.41) is 7.02. The first-order valence-corrected chi connectivity index (χ1v) is 7.53. The van der Waals surface area contributed by atoms with Crippen LogP contribution in [0.5, 0.6) is 0 Å². The molecule has 5 heteroatoms. The Hall–Kier alpha value is -2.01. The predicted octanol–water partition coefficient (Wildman–Crippen LogP) is 1.94. The summed E-state index contributed by atoms with van der Waals surface area (Å²) in [7, 11) is 1.41. The zero-order chi connectivity index (χ0) is 15.9. The third kappa shape index (κ3) is 2.46. The molecule has 3 rings (SSSR count). The standard InChI is InChI=1S/C17H22N2O3/c1-9-5-10(2)14(17(20)21-4)6-13(9)15-11(3)18-16(19-15)12-7-22-8-12/h5-6,12,16,18-19H,7-8H2,1-4H3. The zero-order valence-corrected chi connectivity index (χ0v) is 13.4. The fourth-order valence-electron chi connectivity index (χ4n) is 3.02. The molecule has 0 saturated carbocycles. The van der Waals surface area contributed by atoms with E-state index in [2.05, 4.69) is 24.5 Å². The second-order valence-corrected chi connectivity index (χ2v) is 6.04. The first kappa shape index (κ1) is 14.9. The van der Waals surface area contributed by atoms with E-state index in [1.54, 1.807) is 0 Å². The second-order valence-electron chi connectivity index (χ2n) is 6.04. The number of esters is 1. The molecule has 0 aromatic heterocycles. The maximum Gasteiger partial charge on any atom is 0.338 e. The van der Waals surface area contributed by atoms with Gasteiger partial charge in [0.15, 0.2) is 0 Å². The lowest BCUT2D eigenvalue weighted by molar-refractivity contribution is -0.0493. The Morgan fingerprint density at radius 3 is 2.50 bits per heavy atom. The minimum atomic E-state index is -0.299. The van der Waals surface area contributed by atoms with Crippen molar-refractivity contribution in [1.29, 1.82) is 0 Å². The van der Waals surface area contributed by atoms with Gasteiger partial charge in [0.1, 0.15) is 6.17 Å². The van der Waals surface area contributed by atoms with Crippen molar-refractivity contribution in [3.05, 3.63) is 40.1 Å². The SMILES string of the molecule is COC(=O)c1cc(C2=C(C)NC(C3COC3)N2)c(C)cc1C. The highest BCUT2D eigenvalue weighted by Gasteiger charge is 2.33. The van der Waals surface area contributed by atoms with Gasteiger partial charge in [0.2, 0.25) is 0 Å². The number of aryl methyl sites for hydroxylation is 2. The lowest BCUT2D eigenvalue weighted by atomic mass is 9.97. The van der Waals surface area contributed by atoms with Gasteiger partial charge in [0.25, 0.3) is 0 Å². The molecule has 118 valence electrons. The number of nitrogens with one attached hydrogen (secondary N) is 2. The fourth-order valence-corrected chi connectivity index (χ4v) is 3.02. The fraction of sp³-hybridized carbons (Fsp3) is 0.471. The molecule has 0 aliphatic carbocycles. The van der Waals surface area contributed by atoms with E-state index in [9.17, 15) is 4.79 Å². The number of methoxy groups -OCH3 is 1. The highest BCUT2D eigenvalue weighted by Crippen LogP contribution is 2.29. The van der Waals surface area contributed by atoms with Crippen LogP contribution in [0.4, 0.5) is 0 Å². The van der Waals surface area contributed by atoms with E-state index in [0.29, 0.717) is 11.5 Å². The van der Waals surface area contributed by atoms with E-state index in [1.807, 2.05) is 19.1 Å². The molecule has 2 aliphatic heterocycles. The van der Waals surface area contributed by atoms with Gasteiger partial charge in [0.05, 0.1) is 31.6 Å². The van der Waals surface area contributed by atoms with Crippen LogP contribution in [-0.4, -0.2) is 32.5 Å². The summed E-state index contributed by atoms with van der Waals surface area (Å²) in [4.78, 5) is 11.9. The smallest absolute Gasteiger partial charge is 0.338 e. The zero-order valence-electron chi connectivity index (χ0n) is 13.4. The number of hydrogen-bond donors (Lipinski definition) is 2. The van der Waals surface area contributed by atoms with E-state index in [1.165, 1.54) is 7.11 Å². The molecule has 22 heavy (non-hydrogen) atoms. The van der Waals surface area contributed by atoms with Crippen molar-refractivity contribution in [1.82, 2.24) is 10.6 Å². The van der Waals surface area contributed by atoms with Crippen molar-refractivity contribution in [3.8, 4) is 0 Å². The number of benzene rings is 1. The highest BCUT2D eigenvalue weighted by molar-refractivity contribution is 5.92. The van der Waals surface area contributed by atoms with Crippen LogP contribution < -0.4 is 10.6 Å². The van der Waals surface area contributed by atoms with Crippen molar-refractivity contribution in [2.75, 3.05) is 20.3 Å². The van der Waals surface area contributed by atoms with Crippen molar-refractivity contribution in [2.45, 2.75) is 26.9 Å². The van der Waals surface area contributed by atoms with Gasteiger partial charge in [0, 0.05) is 17.2 Å². The van der Waals surface area contributed by atoms with Crippen LogP contribution >= 0.6 is 0 Å². The monoisotopic (exact) mass is 302 g/mol. The summed E-state index contributed by atoms with van der Waals surface area (Å²) in [6.45, 7) is 7.61. The minimum absolute atomic E-state index is 0.200. The van der Waals surface area contributed by atoms with Gasteiger partial charge in [-0.05, 0) is 38.0 Å². The van der Waals surface area contributed by atoms with Crippen molar-refractivity contribution >= 4 is 11.7 Å². The molecule has 2 N–H and O–H groups in total. The Morgan fingerprint density at radius 2 is 1.91 bits per heavy atom. The number of hydrogen-bond acceptors (Lipinski definition) is 5. The summed E-state index contributed by atoms with van der Waals surface area (Å²) >= 11 is 0. The molecule has 1 aromatic rings. The lowest BCUT2D eigenvalue weighted by Crippen LogP contribution is -2.49. The van der Waals surface area contributed by atoms with E-state index in [0.717, 1.165) is 41.3 Å². The van der Waals surface area contributed by atoms with Crippen LogP contribution in [0.15, 0.2) is 17.8 Å². The Bertz CT molecular complexity index is 648. The quantitative estimate of drug-likeness (QED) is 0.836. The molecule has 2 heterocycles. The maximum atomic E-state index is 11.9. The second kappa shape index (κ2) is 5.65. The van der Waals surface area contributed by atoms with Crippen molar-refractivity contribution in [3.63, 3.8) is 0 Å². The number of carbonyl (C=O) groups excluding carboxylic acids is 1. The number of rotatable bonds is 3. The van der Waals surface area contributed by atoms with Gasteiger partial charge in [-0.1, -0.05) is 6.07 Å². The summed E-state index contributed by atoms with van der Waals surface area (Å²) in [6.07, 6.45) is 0.200. The molecule has 0 radical (unpaired) electrons. The van der Waals surface area contributed by atoms with E-state index in [4.69, 9.17) is 9.47 Å². The summed E-state index contributed by atoms with van der Waals surface area (Å²) < 4.78 is 10.1. The van der Waals surface area contributed by atoms with Gasteiger partial charge in [-0.2, -0.15) is 0 Å². The number of carbonyl (C=O) groups is 1. The molecule has 0 bridgehead atoms. The van der Waals surface area contributed by atoms with Crippen LogP contribution in [0.2, 0.25) is 0 Å². The minimum Gasteiger partial charge on any atom is -0.465 e. The van der Waals surface area contributed by atoms with Crippen LogP contribution in [0.25, 0.3) is 5.70 Å². The molecule has 0 amide bonds. The average molecular weight is 302 g/mol. The van der Waals surface area contributed by atoms with Crippen LogP contribution in [0, 0.1) is 19.8 Å². The Labute approximate surface area is 130 Å². The molecular weight excluding hydrogens is 280 g/mol. The molecule has 2 aliphatic rings. The molecule has 1 fully saturated rings. The number of allylic oxidation sites excluding steroid dienone is 1. The Kier molecular flexibility index (Phi) is 3.83. The van der Waals surface area contributed by atoms with Gasteiger partial charge in [-0.15, -0.1) is 0 Å². The van der Waals surface area contributed by atoms with Gasteiger partial charge in [-0.3, -0.25) is 0 Å². The van der Waals surface area contributed by atoms with Crippen LogP contribution in [-0.2, 0) is 9.47 Å². The Morgan fingerprint density at radius 1 is 1.18 bits per heavy atom. The van der Waals surface area contributed by atoms with Crippen molar-refractivity contribution in [2.24, 2.45) is 5.92 Å². The molecule has 1 aromatic carbocycles. The molecule has 0 spiro atoms. The van der Waals surface area contributed by atoms with E-state index in [-0.39, 0.29) is 12.1 Å². The molecular formula is C17H22N2O3. The summed E-state index contributed by atoms with van der Waals surface area (Å²) in [6, 6.07) is 3.95. The summed E-state index contributed by atoms with van der Waals surface area (Å²) in [5.41, 5.74) is 5.87.